The van der Waals surface area contributed by atoms with Crippen molar-refractivity contribution in [1.82, 2.24) is 0 Å². The summed E-state index contributed by atoms with van der Waals surface area (Å²) in [6, 6.07) is 43.1. The lowest BCUT2D eigenvalue weighted by atomic mass is 10.3. The van der Waals surface area contributed by atoms with Crippen molar-refractivity contribution in [2.45, 2.75) is 6.92 Å². The van der Waals surface area contributed by atoms with Crippen molar-refractivity contribution in [2.24, 2.45) is 0 Å². The van der Waals surface area contributed by atoms with Crippen LogP contribution in [-0.4, -0.2) is 0 Å². The van der Waals surface area contributed by atoms with Crippen molar-refractivity contribution in [1.29, 1.82) is 0 Å². The van der Waals surface area contributed by atoms with Gasteiger partial charge >= 0.3 is 0 Å². The first kappa shape index (κ1) is 22.0. The number of hydrogen-bond acceptors (Lipinski definition) is 1. The number of allylic oxidation sites excluding steroid dienone is 1. The Morgan fingerprint density at radius 1 is 0.567 bits per heavy atom. The topological polar surface area (TPSA) is 12.0 Å². The molecule has 1 N–H and O–H groups in total. The standard InChI is InChI=1S/C27H25NP.BrH/c1-23(28-24-14-6-2-7-15-24)22-29(25-16-8-3-9-17-25,26-18-10-4-11-19-26)27-20-12-5-13-21-27;/h2-22,28H,1H3;1H/q+1;/p-1/b23-22+;. The van der Waals surface area contributed by atoms with Crippen molar-refractivity contribution in [2.75, 3.05) is 5.32 Å². The second kappa shape index (κ2) is 10.4. The molecule has 0 unspecified atom stereocenters. The minimum absolute atomic E-state index is 0. The average Bonchev–Trinajstić information content (AvgIpc) is 2.80. The SMILES string of the molecule is C/C(=C\[P+](c1ccccc1)(c1ccccc1)c1ccccc1)Nc1ccccc1.[Br-]. The van der Waals surface area contributed by atoms with E-state index in [-0.39, 0.29) is 17.0 Å². The number of nitrogens with one attached hydrogen (secondary N) is 1. The van der Waals surface area contributed by atoms with Crippen LogP contribution < -0.4 is 38.2 Å². The van der Waals surface area contributed by atoms with Crippen LogP contribution in [0.5, 0.6) is 0 Å². The van der Waals surface area contributed by atoms with E-state index in [1.54, 1.807) is 0 Å². The van der Waals surface area contributed by atoms with Crippen LogP contribution in [0.3, 0.4) is 0 Å². The Morgan fingerprint density at radius 2 is 0.900 bits per heavy atom. The number of benzene rings is 4. The number of rotatable bonds is 6. The zero-order chi connectivity index (χ0) is 19.9. The summed E-state index contributed by atoms with van der Waals surface area (Å²) in [5.74, 6) is 2.46. The van der Waals surface area contributed by atoms with Gasteiger partial charge in [0, 0.05) is 11.4 Å². The van der Waals surface area contributed by atoms with Gasteiger partial charge < -0.3 is 22.3 Å². The van der Waals surface area contributed by atoms with Gasteiger partial charge in [0.25, 0.3) is 0 Å². The summed E-state index contributed by atoms with van der Waals surface area (Å²) in [6.45, 7) is 2.16. The summed E-state index contributed by atoms with van der Waals surface area (Å²) < 4.78 is 0. The van der Waals surface area contributed by atoms with Gasteiger partial charge in [0.2, 0.25) is 0 Å². The van der Waals surface area contributed by atoms with Gasteiger partial charge in [-0.2, -0.15) is 0 Å². The molecule has 3 heteroatoms. The van der Waals surface area contributed by atoms with Crippen molar-refractivity contribution in [3.05, 3.63) is 133 Å². The Kier molecular flexibility index (Phi) is 7.63. The van der Waals surface area contributed by atoms with E-state index in [0.29, 0.717) is 0 Å². The van der Waals surface area contributed by atoms with Gasteiger partial charge in [-0.05, 0) is 55.5 Å². The molecule has 0 amide bonds. The summed E-state index contributed by atoms with van der Waals surface area (Å²) in [5, 5.41) is 7.66. The fourth-order valence-electron chi connectivity index (χ4n) is 3.73. The highest BCUT2D eigenvalue weighted by Crippen LogP contribution is 2.57. The van der Waals surface area contributed by atoms with E-state index in [4.69, 9.17) is 0 Å². The van der Waals surface area contributed by atoms with Gasteiger partial charge in [0.05, 0.1) is 5.82 Å². The van der Waals surface area contributed by atoms with Crippen LogP contribution in [0, 0.1) is 0 Å². The highest BCUT2D eigenvalue weighted by Gasteiger charge is 2.43. The predicted octanol–water partition coefficient (Wildman–Crippen LogP) is 2.96. The Hall–Kier alpha value is -2.67. The van der Waals surface area contributed by atoms with Gasteiger partial charge in [-0.15, -0.1) is 0 Å². The molecular weight excluding hydrogens is 449 g/mol. The zero-order valence-electron chi connectivity index (χ0n) is 16.9. The molecule has 0 radical (unpaired) electrons. The smallest absolute Gasteiger partial charge is 0.138 e. The van der Waals surface area contributed by atoms with Crippen LogP contribution in [0.15, 0.2) is 133 Å². The Bertz CT molecular complexity index is 968. The van der Waals surface area contributed by atoms with Crippen molar-refractivity contribution >= 4 is 28.9 Å². The molecule has 4 rings (SSSR count). The number of halogens is 1. The molecule has 0 aliphatic heterocycles. The maximum Gasteiger partial charge on any atom is 0.138 e. The van der Waals surface area contributed by atoms with E-state index in [2.05, 4.69) is 133 Å². The van der Waals surface area contributed by atoms with E-state index in [0.717, 1.165) is 11.4 Å². The third-order valence-electron chi connectivity index (χ3n) is 4.99. The van der Waals surface area contributed by atoms with Crippen LogP contribution >= 0.6 is 7.26 Å². The minimum Gasteiger partial charge on any atom is -1.00 e. The largest absolute Gasteiger partial charge is 1.00 e. The molecule has 0 heterocycles. The van der Waals surface area contributed by atoms with Crippen LogP contribution in [0.4, 0.5) is 5.69 Å². The first-order valence-corrected chi connectivity index (χ1v) is 11.7. The van der Waals surface area contributed by atoms with E-state index >= 15 is 0 Å². The first-order valence-electron chi connectivity index (χ1n) is 9.86. The summed E-state index contributed by atoms with van der Waals surface area (Å²) in [4.78, 5) is 0. The second-order valence-corrected chi connectivity index (χ2v) is 10.3. The lowest BCUT2D eigenvalue weighted by Crippen LogP contribution is -3.00. The molecule has 0 aliphatic carbocycles. The third-order valence-corrected chi connectivity index (χ3v) is 9.11. The lowest BCUT2D eigenvalue weighted by Gasteiger charge is -2.25. The van der Waals surface area contributed by atoms with Gasteiger partial charge in [-0.1, -0.05) is 72.8 Å². The maximum atomic E-state index is 3.60. The molecule has 0 fully saturated rings. The lowest BCUT2D eigenvalue weighted by molar-refractivity contribution is -0.00000565. The van der Waals surface area contributed by atoms with E-state index < -0.39 is 7.26 Å². The molecule has 0 saturated heterocycles. The number of para-hydroxylation sites is 1. The highest BCUT2D eigenvalue weighted by molar-refractivity contribution is 7.98. The van der Waals surface area contributed by atoms with Crippen LogP contribution in [0.2, 0.25) is 0 Å². The Labute approximate surface area is 190 Å². The van der Waals surface area contributed by atoms with Crippen molar-refractivity contribution in [3.63, 3.8) is 0 Å². The van der Waals surface area contributed by atoms with Gasteiger partial charge in [0.15, 0.2) is 0 Å². The molecule has 30 heavy (non-hydrogen) atoms. The van der Waals surface area contributed by atoms with Crippen molar-refractivity contribution < 1.29 is 17.0 Å². The molecule has 0 atom stereocenters. The summed E-state index contributed by atoms with van der Waals surface area (Å²) in [7, 11) is -1.97. The Morgan fingerprint density at radius 3 is 1.27 bits per heavy atom. The first-order chi connectivity index (χ1) is 14.3. The van der Waals surface area contributed by atoms with E-state index in [9.17, 15) is 0 Å². The third kappa shape index (κ3) is 4.73. The summed E-state index contributed by atoms with van der Waals surface area (Å²) >= 11 is 0. The van der Waals surface area contributed by atoms with E-state index in [1.165, 1.54) is 15.9 Å². The van der Waals surface area contributed by atoms with E-state index in [1.807, 2.05) is 6.07 Å². The fourth-order valence-corrected chi connectivity index (χ4v) is 7.65. The molecule has 0 bridgehead atoms. The van der Waals surface area contributed by atoms with Crippen LogP contribution in [0.1, 0.15) is 6.92 Å². The van der Waals surface area contributed by atoms with Gasteiger partial charge in [0.1, 0.15) is 23.2 Å². The average molecular weight is 474 g/mol. The molecule has 0 aliphatic rings. The normalized spacial score (nSPS) is 11.4. The number of anilines is 1. The fraction of sp³-hybridized carbons (Fsp3) is 0.0370. The molecule has 150 valence electrons. The molecular formula is C27H25BrNP. The van der Waals surface area contributed by atoms with Crippen molar-refractivity contribution in [3.8, 4) is 0 Å². The van der Waals surface area contributed by atoms with Gasteiger partial charge in [-0.3, -0.25) is 0 Å². The van der Waals surface area contributed by atoms with Crippen LogP contribution in [0.25, 0.3) is 0 Å². The molecule has 0 spiro atoms. The second-order valence-electron chi connectivity index (χ2n) is 7.03. The monoisotopic (exact) mass is 473 g/mol. The van der Waals surface area contributed by atoms with Gasteiger partial charge in [-0.25, -0.2) is 0 Å². The molecule has 1 nitrogen and oxygen atoms in total. The predicted molar refractivity (Wildman–Crippen MR) is 129 cm³/mol. The molecule has 0 saturated carbocycles. The highest BCUT2D eigenvalue weighted by atomic mass is 79.9. The zero-order valence-corrected chi connectivity index (χ0v) is 19.4. The minimum atomic E-state index is -1.97. The van der Waals surface area contributed by atoms with Crippen LogP contribution in [-0.2, 0) is 0 Å². The summed E-state index contributed by atoms with van der Waals surface area (Å²) in [6.07, 6.45) is 0. The maximum absolute atomic E-state index is 3.60. The number of hydrogen-bond donors (Lipinski definition) is 1. The summed E-state index contributed by atoms with van der Waals surface area (Å²) in [5.41, 5.74) is 2.26. The quantitative estimate of drug-likeness (QED) is 0.424. The Balaban J connectivity index is 0.00000256. The molecule has 4 aromatic rings. The molecule has 0 aromatic heterocycles. The molecule has 4 aromatic carbocycles.